The Hall–Kier alpha value is -2.13. The van der Waals surface area contributed by atoms with E-state index in [9.17, 15) is 0 Å². The fraction of sp³-hybridized carbons (Fsp3) is 0.350. The van der Waals surface area contributed by atoms with Gasteiger partial charge in [0.05, 0.1) is 11.0 Å². The van der Waals surface area contributed by atoms with E-state index in [1.807, 2.05) is 0 Å². The molecule has 3 aromatic rings. The van der Waals surface area contributed by atoms with Crippen molar-refractivity contribution in [1.82, 2.24) is 9.55 Å². The van der Waals surface area contributed by atoms with Gasteiger partial charge in [0.15, 0.2) is 0 Å². The van der Waals surface area contributed by atoms with Gasteiger partial charge in [-0.25, -0.2) is 4.98 Å². The highest BCUT2D eigenvalue weighted by Crippen LogP contribution is 2.25. The summed E-state index contributed by atoms with van der Waals surface area (Å²) in [6.45, 7) is 3.85. The van der Waals surface area contributed by atoms with Crippen LogP contribution in [0.25, 0.3) is 22.4 Å². The largest absolute Gasteiger partial charge is 0.326 e. The number of nitrogens with zero attached hydrogens (tertiary/aromatic N) is 2. The van der Waals surface area contributed by atoms with E-state index in [2.05, 4.69) is 60.0 Å². The number of fused-ring (bicyclic) bond motifs is 1. The Morgan fingerprint density at radius 3 is 2.48 bits per heavy atom. The average Bonchev–Trinajstić information content (AvgIpc) is 2.97. The van der Waals surface area contributed by atoms with Crippen molar-refractivity contribution in [2.45, 2.75) is 45.7 Å². The summed E-state index contributed by atoms with van der Waals surface area (Å²) >= 11 is 0. The minimum absolute atomic E-state index is 0.577. The highest BCUT2D eigenvalue weighted by molar-refractivity contribution is 5.80. The molecule has 3 rings (SSSR count). The number of nitrogens with two attached hydrogens (primary N) is 1. The Balaban J connectivity index is 1.96. The zero-order chi connectivity index (χ0) is 16.1. The minimum atomic E-state index is 0.577. The molecule has 3 nitrogen and oxygen atoms in total. The van der Waals surface area contributed by atoms with E-state index in [4.69, 9.17) is 10.7 Å². The highest BCUT2D eigenvalue weighted by Gasteiger charge is 2.11. The van der Waals surface area contributed by atoms with E-state index in [1.54, 1.807) is 0 Å². The van der Waals surface area contributed by atoms with Crippen LogP contribution >= 0.6 is 0 Å². The molecule has 1 heterocycles. The van der Waals surface area contributed by atoms with Crippen molar-refractivity contribution in [3.8, 4) is 11.4 Å². The minimum Gasteiger partial charge on any atom is -0.326 e. The quantitative estimate of drug-likeness (QED) is 0.641. The number of aryl methyl sites for hydroxylation is 1. The zero-order valence-corrected chi connectivity index (χ0v) is 13.8. The first-order valence-corrected chi connectivity index (χ1v) is 8.58. The summed E-state index contributed by atoms with van der Waals surface area (Å²) in [5.74, 6) is 1.06. The Morgan fingerprint density at radius 1 is 0.957 bits per heavy atom. The molecule has 3 heteroatoms. The monoisotopic (exact) mass is 307 g/mol. The van der Waals surface area contributed by atoms with Crippen molar-refractivity contribution >= 4 is 11.0 Å². The maximum Gasteiger partial charge on any atom is 0.141 e. The molecule has 0 amide bonds. The van der Waals surface area contributed by atoms with Crippen LogP contribution in [0.15, 0.2) is 48.5 Å². The first-order valence-electron chi connectivity index (χ1n) is 8.58. The van der Waals surface area contributed by atoms with Crippen molar-refractivity contribution in [3.63, 3.8) is 0 Å². The standard InChI is InChI=1S/C20H25N3/c1-2-3-4-7-14-23-19-9-6-5-8-18(19)22-20(23)17-12-10-16(15-21)11-13-17/h5-6,8-13H,2-4,7,14-15,21H2,1H3. The van der Waals surface area contributed by atoms with Crippen molar-refractivity contribution < 1.29 is 0 Å². The summed E-state index contributed by atoms with van der Waals surface area (Å²) < 4.78 is 2.36. The molecule has 23 heavy (non-hydrogen) atoms. The lowest BCUT2D eigenvalue weighted by Crippen LogP contribution is -2.01. The lowest BCUT2D eigenvalue weighted by molar-refractivity contribution is 0.594. The van der Waals surface area contributed by atoms with E-state index < -0.39 is 0 Å². The number of rotatable bonds is 7. The van der Waals surface area contributed by atoms with Gasteiger partial charge in [0, 0.05) is 18.7 Å². The first-order chi connectivity index (χ1) is 11.3. The smallest absolute Gasteiger partial charge is 0.141 e. The van der Waals surface area contributed by atoms with Crippen molar-refractivity contribution in [1.29, 1.82) is 0 Å². The lowest BCUT2D eigenvalue weighted by Gasteiger charge is -2.10. The summed E-state index contributed by atoms with van der Waals surface area (Å²) in [5, 5.41) is 0. The van der Waals surface area contributed by atoms with Gasteiger partial charge in [-0.2, -0.15) is 0 Å². The number of benzene rings is 2. The maximum atomic E-state index is 5.70. The predicted molar refractivity (Wildman–Crippen MR) is 97.2 cm³/mol. The van der Waals surface area contributed by atoms with Crippen LogP contribution in [0.3, 0.4) is 0 Å². The van der Waals surface area contributed by atoms with Crippen LogP contribution < -0.4 is 5.73 Å². The molecule has 0 radical (unpaired) electrons. The van der Waals surface area contributed by atoms with Gasteiger partial charge in [-0.3, -0.25) is 0 Å². The number of para-hydroxylation sites is 2. The van der Waals surface area contributed by atoms with Gasteiger partial charge in [-0.15, -0.1) is 0 Å². The molecule has 0 unspecified atom stereocenters. The molecule has 0 atom stereocenters. The third-order valence-corrected chi connectivity index (χ3v) is 4.34. The number of hydrogen-bond donors (Lipinski definition) is 1. The van der Waals surface area contributed by atoms with Crippen molar-refractivity contribution in [2.75, 3.05) is 0 Å². The van der Waals surface area contributed by atoms with Crippen molar-refractivity contribution in [2.24, 2.45) is 5.73 Å². The zero-order valence-electron chi connectivity index (χ0n) is 13.8. The molecule has 0 aliphatic rings. The van der Waals surface area contributed by atoms with Crippen LogP contribution in [0, 0.1) is 0 Å². The Bertz CT molecular complexity index is 756. The molecule has 0 aliphatic carbocycles. The van der Waals surface area contributed by atoms with E-state index in [1.165, 1.54) is 31.2 Å². The Kier molecular flexibility index (Phi) is 5.09. The third-order valence-electron chi connectivity index (χ3n) is 4.34. The normalized spacial score (nSPS) is 11.2. The van der Waals surface area contributed by atoms with Crippen LogP contribution in [0.5, 0.6) is 0 Å². The van der Waals surface area contributed by atoms with Gasteiger partial charge in [0.2, 0.25) is 0 Å². The lowest BCUT2D eigenvalue weighted by atomic mass is 10.1. The summed E-state index contributed by atoms with van der Waals surface area (Å²) in [4.78, 5) is 4.87. The predicted octanol–water partition coefficient (Wildman–Crippen LogP) is 4.74. The molecule has 1 aromatic heterocycles. The molecule has 0 bridgehead atoms. The number of aromatic nitrogens is 2. The van der Waals surface area contributed by atoms with Gasteiger partial charge >= 0.3 is 0 Å². The van der Waals surface area contributed by atoms with Gasteiger partial charge in [-0.1, -0.05) is 62.6 Å². The molecule has 120 valence electrons. The fourth-order valence-electron chi connectivity index (χ4n) is 3.01. The first kappa shape index (κ1) is 15.8. The van der Waals surface area contributed by atoms with E-state index in [-0.39, 0.29) is 0 Å². The van der Waals surface area contributed by atoms with Crippen molar-refractivity contribution in [3.05, 3.63) is 54.1 Å². The summed E-state index contributed by atoms with van der Waals surface area (Å²) in [6, 6.07) is 16.9. The summed E-state index contributed by atoms with van der Waals surface area (Å²) in [7, 11) is 0. The van der Waals surface area contributed by atoms with Gasteiger partial charge in [0.25, 0.3) is 0 Å². The van der Waals surface area contributed by atoms with Crippen LogP contribution in [-0.2, 0) is 13.1 Å². The van der Waals surface area contributed by atoms with E-state index in [0.717, 1.165) is 29.0 Å². The average molecular weight is 307 g/mol. The number of unbranched alkanes of at least 4 members (excludes halogenated alkanes) is 3. The molecule has 0 spiro atoms. The molecule has 0 saturated heterocycles. The van der Waals surface area contributed by atoms with Gasteiger partial charge < -0.3 is 10.3 Å². The molecule has 0 aliphatic heterocycles. The van der Waals surface area contributed by atoms with Gasteiger partial charge in [-0.05, 0) is 24.1 Å². The van der Waals surface area contributed by atoms with Crippen LogP contribution in [0.2, 0.25) is 0 Å². The Morgan fingerprint density at radius 2 is 1.74 bits per heavy atom. The molecular formula is C20H25N3. The molecule has 0 fully saturated rings. The summed E-state index contributed by atoms with van der Waals surface area (Å²) in [5.41, 5.74) is 10.3. The SMILES string of the molecule is CCCCCCn1c(-c2ccc(CN)cc2)nc2ccccc21. The summed E-state index contributed by atoms with van der Waals surface area (Å²) in [6.07, 6.45) is 5.03. The second kappa shape index (κ2) is 7.42. The number of hydrogen-bond acceptors (Lipinski definition) is 2. The second-order valence-corrected chi connectivity index (χ2v) is 6.04. The Labute approximate surface area is 138 Å². The van der Waals surface area contributed by atoms with E-state index >= 15 is 0 Å². The fourth-order valence-corrected chi connectivity index (χ4v) is 3.01. The van der Waals surface area contributed by atoms with E-state index in [0.29, 0.717) is 6.54 Å². The third kappa shape index (κ3) is 3.45. The molecule has 2 aromatic carbocycles. The molecule has 2 N–H and O–H groups in total. The molecule has 0 saturated carbocycles. The maximum absolute atomic E-state index is 5.70. The topological polar surface area (TPSA) is 43.8 Å². The van der Waals surface area contributed by atoms with Crippen LogP contribution in [0.4, 0.5) is 0 Å². The second-order valence-electron chi connectivity index (χ2n) is 6.04. The highest BCUT2D eigenvalue weighted by atomic mass is 15.1. The number of imidazole rings is 1. The molecular weight excluding hydrogens is 282 g/mol. The van der Waals surface area contributed by atoms with Crippen LogP contribution in [-0.4, -0.2) is 9.55 Å². The van der Waals surface area contributed by atoms with Gasteiger partial charge in [0.1, 0.15) is 5.82 Å². The van der Waals surface area contributed by atoms with Crippen LogP contribution in [0.1, 0.15) is 38.2 Å².